The monoisotopic (exact) mass is 445 g/mol. The van der Waals surface area contributed by atoms with E-state index in [0.29, 0.717) is 17.1 Å². The minimum absolute atomic E-state index is 0.132. The largest absolute Gasteiger partial charge is 0.493 e. The zero-order chi connectivity index (χ0) is 21.6. The number of amides is 1. The first-order valence-corrected chi connectivity index (χ1v) is 11.0. The maximum absolute atomic E-state index is 12.6. The maximum atomic E-state index is 12.6. The van der Waals surface area contributed by atoms with E-state index < -0.39 is 15.9 Å². The zero-order valence-electron chi connectivity index (χ0n) is 16.2. The van der Waals surface area contributed by atoms with Crippen molar-refractivity contribution < 1.29 is 22.7 Å². The number of methoxy groups -OCH3 is 2. The number of carbonyl (C=O) groups excluding carboxylic acids is 1. The summed E-state index contributed by atoms with van der Waals surface area (Å²) in [5.41, 5.74) is 3.28. The van der Waals surface area contributed by atoms with Crippen molar-refractivity contribution in [1.82, 2.24) is 5.43 Å². The number of thiophene rings is 1. The number of para-hydroxylation sites is 2. The van der Waals surface area contributed by atoms with E-state index in [0.717, 1.165) is 11.3 Å². The van der Waals surface area contributed by atoms with Crippen LogP contribution in [0.3, 0.4) is 0 Å². The van der Waals surface area contributed by atoms with Crippen molar-refractivity contribution in [3.05, 3.63) is 71.1 Å². The molecular weight excluding hydrogens is 426 g/mol. The molecule has 0 fully saturated rings. The first-order chi connectivity index (χ1) is 14.5. The summed E-state index contributed by atoms with van der Waals surface area (Å²) < 4.78 is 38.1. The topological polar surface area (TPSA) is 106 Å². The lowest BCUT2D eigenvalue weighted by molar-refractivity contribution is 0.0956. The molecule has 2 aromatic carbocycles. The SMILES string of the molecule is COc1cccc(C=NNC(=O)c2ccccc2NS(=O)(=O)c2cccs2)c1OC. The Morgan fingerprint density at radius 1 is 1.03 bits per heavy atom. The molecule has 2 N–H and O–H groups in total. The molecule has 0 aliphatic carbocycles. The van der Waals surface area contributed by atoms with E-state index >= 15 is 0 Å². The Kier molecular flexibility index (Phi) is 6.70. The highest BCUT2D eigenvalue weighted by atomic mass is 32.2. The number of hydrogen-bond acceptors (Lipinski definition) is 7. The van der Waals surface area contributed by atoms with Crippen LogP contribution in [0.5, 0.6) is 11.5 Å². The van der Waals surface area contributed by atoms with Gasteiger partial charge in [-0.3, -0.25) is 9.52 Å². The molecule has 0 atom stereocenters. The predicted octanol–water partition coefficient (Wildman–Crippen LogP) is 3.33. The fourth-order valence-electron chi connectivity index (χ4n) is 2.62. The molecule has 0 spiro atoms. The van der Waals surface area contributed by atoms with Crippen molar-refractivity contribution in [2.24, 2.45) is 5.10 Å². The number of benzene rings is 2. The van der Waals surface area contributed by atoms with Crippen LogP contribution in [-0.4, -0.2) is 34.8 Å². The first kappa shape index (κ1) is 21.3. The minimum atomic E-state index is -3.79. The fourth-order valence-corrected chi connectivity index (χ4v) is 4.69. The van der Waals surface area contributed by atoms with Gasteiger partial charge in [-0.1, -0.05) is 24.3 Å². The lowest BCUT2D eigenvalue weighted by atomic mass is 10.2. The number of ether oxygens (including phenoxy) is 2. The van der Waals surface area contributed by atoms with Crippen molar-refractivity contribution >= 4 is 39.2 Å². The molecule has 0 saturated carbocycles. The van der Waals surface area contributed by atoms with Gasteiger partial charge in [-0.25, -0.2) is 13.8 Å². The van der Waals surface area contributed by atoms with Gasteiger partial charge in [0.15, 0.2) is 11.5 Å². The van der Waals surface area contributed by atoms with E-state index in [1.165, 1.54) is 38.6 Å². The number of carbonyl (C=O) groups is 1. The summed E-state index contributed by atoms with van der Waals surface area (Å²) in [6.45, 7) is 0. The Hall–Kier alpha value is -3.37. The third kappa shape index (κ3) is 4.78. The molecule has 8 nitrogen and oxygen atoms in total. The predicted molar refractivity (Wildman–Crippen MR) is 116 cm³/mol. The number of nitrogens with one attached hydrogen (secondary N) is 2. The number of anilines is 1. The second-order valence-electron chi connectivity index (χ2n) is 5.87. The van der Waals surface area contributed by atoms with E-state index in [-0.39, 0.29) is 15.5 Å². The van der Waals surface area contributed by atoms with Crippen molar-refractivity contribution in [3.8, 4) is 11.5 Å². The van der Waals surface area contributed by atoms with Gasteiger partial charge < -0.3 is 9.47 Å². The fraction of sp³-hybridized carbons (Fsp3) is 0.100. The second-order valence-corrected chi connectivity index (χ2v) is 8.72. The highest BCUT2D eigenvalue weighted by Gasteiger charge is 2.19. The van der Waals surface area contributed by atoms with Crippen LogP contribution >= 0.6 is 11.3 Å². The molecule has 0 aliphatic rings. The molecule has 0 aliphatic heterocycles. The molecule has 0 bridgehead atoms. The lowest BCUT2D eigenvalue weighted by Gasteiger charge is -2.11. The molecule has 30 heavy (non-hydrogen) atoms. The van der Waals surface area contributed by atoms with Crippen molar-refractivity contribution in [2.45, 2.75) is 4.21 Å². The van der Waals surface area contributed by atoms with Gasteiger partial charge in [0.2, 0.25) is 0 Å². The molecular formula is C20H19N3O5S2. The molecule has 10 heteroatoms. The van der Waals surface area contributed by atoms with Gasteiger partial charge in [0, 0.05) is 5.56 Å². The number of nitrogens with zero attached hydrogens (tertiary/aromatic N) is 1. The lowest BCUT2D eigenvalue weighted by Crippen LogP contribution is -2.21. The Morgan fingerprint density at radius 3 is 2.53 bits per heavy atom. The van der Waals surface area contributed by atoms with Gasteiger partial charge in [-0.2, -0.15) is 5.10 Å². The maximum Gasteiger partial charge on any atom is 0.273 e. The van der Waals surface area contributed by atoms with Crippen LogP contribution in [0.25, 0.3) is 0 Å². The van der Waals surface area contributed by atoms with Crippen LogP contribution in [0.15, 0.2) is 69.3 Å². The van der Waals surface area contributed by atoms with Gasteiger partial charge in [0.25, 0.3) is 15.9 Å². The summed E-state index contributed by atoms with van der Waals surface area (Å²) in [4.78, 5) is 12.6. The molecule has 1 aromatic heterocycles. The Bertz CT molecular complexity index is 1160. The van der Waals surface area contributed by atoms with Gasteiger partial charge in [-0.05, 0) is 35.7 Å². The number of rotatable bonds is 8. The highest BCUT2D eigenvalue weighted by molar-refractivity contribution is 7.94. The van der Waals surface area contributed by atoms with E-state index in [1.807, 2.05) is 0 Å². The number of hydrogen-bond donors (Lipinski definition) is 2. The third-order valence-corrected chi connectivity index (χ3v) is 6.74. The molecule has 156 valence electrons. The van der Waals surface area contributed by atoms with Crippen molar-refractivity contribution in [3.63, 3.8) is 0 Å². The summed E-state index contributed by atoms with van der Waals surface area (Å²) >= 11 is 1.08. The normalized spacial score (nSPS) is 11.3. The second kappa shape index (κ2) is 9.42. The quantitative estimate of drug-likeness (QED) is 0.409. The zero-order valence-corrected chi connectivity index (χ0v) is 17.8. The van der Waals surface area contributed by atoms with E-state index in [4.69, 9.17) is 9.47 Å². The van der Waals surface area contributed by atoms with Crippen LogP contribution < -0.4 is 19.6 Å². The van der Waals surface area contributed by atoms with Gasteiger partial charge in [0.05, 0.1) is 31.7 Å². The minimum Gasteiger partial charge on any atom is -0.493 e. The third-order valence-electron chi connectivity index (χ3n) is 3.98. The summed E-state index contributed by atoms with van der Waals surface area (Å²) in [5.74, 6) is 0.431. The summed E-state index contributed by atoms with van der Waals surface area (Å²) in [7, 11) is -0.760. The summed E-state index contributed by atoms with van der Waals surface area (Å²) in [6, 6.07) is 14.7. The van der Waals surface area contributed by atoms with Crippen LogP contribution in [0, 0.1) is 0 Å². The van der Waals surface area contributed by atoms with Crippen LogP contribution in [0.4, 0.5) is 5.69 Å². The molecule has 1 heterocycles. The molecule has 0 radical (unpaired) electrons. The van der Waals surface area contributed by atoms with Crippen LogP contribution in [0.2, 0.25) is 0 Å². The molecule has 3 aromatic rings. The van der Waals surface area contributed by atoms with Crippen LogP contribution in [-0.2, 0) is 10.0 Å². The number of sulfonamides is 1. The van der Waals surface area contributed by atoms with Gasteiger partial charge in [-0.15, -0.1) is 11.3 Å². The molecule has 1 amide bonds. The van der Waals surface area contributed by atoms with E-state index in [9.17, 15) is 13.2 Å². The van der Waals surface area contributed by atoms with Gasteiger partial charge in [0.1, 0.15) is 4.21 Å². The summed E-state index contributed by atoms with van der Waals surface area (Å²) in [6.07, 6.45) is 1.41. The van der Waals surface area contributed by atoms with E-state index in [1.54, 1.807) is 41.8 Å². The average molecular weight is 446 g/mol. The van der Waals surface area contributed by atoms with Crippen molar-refractivity contribution in [1.29, 1.82) is 0 Å². The van der Waals surface area contributed by atoms with Crippen molar-refractivity contribution in [2.75, 3.05) is 18.9 Å². The first-order valence-electron chi connectivity index (χ1n) is 8.66. The van der Waals surface area contributed by atoms with E-state index in [2.05, 4.69) is 15.2 Å². The standard InChI is InChI=1S/C20H19N3O5S2/c1-27-17-10-5-7-14(19(17)28-2)13-21-22-20(24)15-8-3-4-9-16(15)23-30(25,26)18-11-6-12-29-18/h3-13,23H,1-2H3,(H,22,24). The number of hydrazone groups is 1. The molecule has 3 rings (SSSR count). The smallest absolute Gasteiger partial charge is 0.273 e. The Morgan fingerprint density at radius 2 is 1.83 bits per heavy atom. The molecule has 0 saturated heterocycles. The Balaban J connectivity index is 1.78. The highest BCUT2D eigenvalue weighted by Crippen LogP contribution is 2.29. The average Bonchev–Trinajstić information content (AvgIpc) is 3.29. The summed E-state index contributed by atoms with van der Waals surface area (Å²) in [5, 5.41) is 5.62. The molecule has 0 unspecified atom stereocenters. The Labute approximate surface area is 178 Å². The van der Waals surface area contributed by atoms with Crippen LogP contribution in [0.1, 0.15) is 15.9 Å². The van der Waals surface area contributed by atoms with Gasteiger partial charge >= 0.3 is 0 Å².